The minimum Gasteiger partial charge on any atom is -0.478 e. The molecule has 0 atom stereocenters. The van der Waals surface area contributed by atoms with Gasteiger partial charge in [0.05, 0.1) is 17.7 Å². The van der Waals surface area contributed by atoms with Crippen LogP contribution in [0.4, 0.5) is 4.39 Å². The van der Waals surface area contributed by atoms with E-state index in [-0.39, 0.29) is 17.2 Å². The highest BCUT2D eigenvalue weighted by molar-refractivity contribution is 7.09. The number of halogens is 1. The lowest BCUT2D eigenvalue weighted by atomic mass is 10.1. The van der Waals surface area contributed by atoms with E-state index in [1.807, 2.05) is 31.4 Å². The van der Waals surface area contributed by atoms with Gasteiger partial charge in [-0.15, -0.1) is 11.3 Å². The molecule has 0 saturated carbocycles. The Morgan fingerprint density at radius 2 is 2.05 bits per heavy atom. The van der Waals surface area contributed by atoms with Gasteiger partial charge in [-0.05, 0) is 43.5 Å². The second-order valence-corrected chi connectivity index (χ2v) is 6.14. The molecule has 0 radical (unpaired) electrons. The van der Waals surface area contributed by atoms with Gasteiger partial charge in [-0.1, -0.05) is 6.07 Å². The first-order valence-electron chi connectivity index (χ1n) is 6.76. The van der Waals surface area contributed by atoms with Crippen LogP contribution in [0.5, 0.6) is 0 Å². The lowest BCUT2D eigenvalue weighted by Crippen LogP contribution is -2.36. The number of carboxylic acids is 1. The van der Waals surface area contributed by atoms with Crippen molar-refractivity contribution < 1.29 is 19.1 Å². The van der Waals surface area contributed by atoms with Crippen molar-refractivity contribution in [3.63, 3.8) is 0 Å². The van der Waals surface area contributed by atoms with E-state index in [1.165, 1.54) is 23.5 Å². The van der Waals surface area contributed by atoms with Gasteiger partial charge >= 0.3 is 5.97 Å². The second-order valence-electron chi connectivity index (χ2n) is 5.11. The molecular formula is C16H16FNO3S. The highest BCUT2D eigenvalue weighted by Crippen LogP contribution is 2.19. The van der Waals surface area contributed by atoms with Gasteiger partial charge in [0.15, 0.2) is 0 Å². The average Bonchev–Trinajstić information content (AvgIpc) is 2.96. The fourth-order valence-electron chi connectivity index (χ4n) is 2.04. The molecule has 0 aliphatic carbocycles. The SMILES string of the molecule is CC(C)N(Cc1cccs1)C(=O)c1ccc(C(=O)O)cc1F. The van der Waals surface area contributed by atoms with Crippen molar-refractivity contribution in [1.82, 2.24) is 4.90 Å². The Bertz CT molecular complexity index is 683. The van der Waals surface area contributed by atoms with Crippen molar-refractivity contribution >= 4 is 23.2 Å². The molecule has 1 heterocycles. The van der Waals surface area contributed by atoms with Crippen LogP contribution in [0.25, 0.3) is 0 Å². The molecule has 1 aromatic heterocycles. The number of rotatable bonds is 5. The third kappa shape index (κ3) is 3.51. The molecule has 1 aromatic carbocycles. The van der Waals surface area contributed by atoms with Crippen LogP contribution in [0, 0.1) is 5.82 Å². The van der Waals surface area contributed by atoms with Crippen LogP contribution >= 0.6 is 11.3 Å². The third-order valence-corrected chi connectivity index (χ3v) is 4.10. The molecule has 1 amide bonds. The van der Waals surface area contributed by atoms with Crippen molar-refractivity contribution in [3.8, 4) is 0 Å². The molecule has 0 fully saturated rings. The summed E-state index contributed by atoms with van der Waals surface area (Å²) in [5, 5.41) is 10.8. The molecule has 0 aliphatic heterocycles. The number of benzene rings is 1. The monoisotopic (exact) mass is 321 g/mol. The Kier molecular flexibility index (Phi) is 4.92. The van der Waals surface area contributed by atoms with Crippen LogP contribution in [0.15, 0.2) is 35.7 Å². The van der Waals surface area contributed by atoms with Crippen molar-refractivity contribution in [2.75, 3.05) is 0 Å². The minimum absolute atomic E-state index is 0.104. The summed E-state index contributed by atoms with van der Waals surface area (Å²) in [7, 11) is 0. The van der Waals surface area contributed by atoms with E-state index >= 15 is 0 Å². The predicted molar refractivity (Wildman–Crippen MR) is 82.7 cm³/mol. The Morgan fingerprint density at radius 1 is 1.32 bits per heavy atom. The smallest absolute Gasteiger partial charge is 0.335 e. The Morgan fingerprint density at radius 3 is 2.55 bits per heavy atom. The van der Waals surface area contributed by atoms with Gasteiger partial charge < -0.3 is 10.0 Å². The molecule has 4 nitrogen and oxygen atoms in total. The summed E-state index contributed by atoms with van der Waals surface area (Å²) in [6.45, 7) is 4.11. The fraction of sp³-hybridized carbons (Fsp3) is 0.250. The number of carbonyl (C=O) groups excluding carboxylic acids is 1. The number of hydrogen-bond acceptors (Lipinski definition) is 3. The second kappa shape index (κ2) is 6.70. The molecule has 116 valence electrons. The number of carbonyl (C=O) groups is 2. The maximum Gasteiger partial charge on any atom is 0.335 e. The van der Waals surface area contributed by atoms with Gasteiger partial charge in [-0.2, -0.15) is 0 Å². The molecule has 6 heteroatoms. The lowest BCUT2D eigenvalue weighted by Gasteiger charge is -2.26. The van der Waals surface area contributed by atoms with Crippen LogP contribution in [0.1, 0.15) is 39.4 Å². The Hall–Kier alpha value is -2.21. The zero-order valence-electron chi connectivity index (χ0n) is 12.2. The average molecular weight is 321 g/mol. The van der Waals surface area contributed by atoms with E-state index in [0.717, 1.165) is 10.9 Å². The molecule has 0 spiro atoms. The van der Waals surface area contributed by atoms with Gasteiger partial charge in [-0.25, -0.2) is 9.18 Å². The fourth-order valence-corrected chi connectivity index (χ4v) is 2.74. The quantitative estimate of drug-likeness (QED) is 0.915. The van der Waals surface area contributed by atoms with Crippen LogP contribution in [0.3, 0.4) is 0 Å². The summed E-state index contributed by atoms with van der Waals surface area (Å²) in [5.41, 5.74) is -0.293. The molecule has 0 unspecified atom stereocenters. The molecule has 2 aromatic rings. The number of amides is 1. The van der Waals surface area contributed by atoms with Crippen molar-refractivity contribution in [2.45, 2.75) is 26.4 Å². The van der Waals surface area contributed by atoms with Gasteiger partial charge in [0, 0.05) is 10.9 Å². The first-order chi connectivity index (χ1) is 10.4. The van der Waals surface area contributed by atoms with Crippen LogP contribution in [-0.2, 0) is 6.54 Å². The van der Waals surface area contributed by atoms with E-state index in [4.69, 9.17) is 5.11 Å². The summed E-state index contributed by atoms with van der Waals surface area (Å²) in [5.74, 6) is -2.49. The molecule has 1 N–H and O–H groups in total. The summed E-state index contributed by atoms with van der Waals surface area (Å²) < 4.78 is 14.1. The molecule has 0 bridgehead atoms. The largest absolute Gasteiger partial charge is 0.478 e. The van der Waals surface area contributed by atoms with Crippen LogP contribution in [-0.4, -0.2) is 27.9 Å². The summed E-state index contributed by atoms with van der Waals surface area (Å²) in [6.07, 6.45) is 0. The van der Waals surface area contributed by atoms with Crippen LogP contribution in [0.2, 0.25) is 0 Å². The van der Waals surface area contributed by atoms with Crippen molar-refractivity contribution in [2.24, 2.45) is 0 Å². The molecule has 22 heavy (non-hydrogen) atoms. The molecule has 2 rings (SSSR count). The van der Waals surface area contributed by atoms with Crippen molar-refractivity contribution in [1.29, 1.82) is 0 Å². The van der Waals surface area contributed by atoms with E-state index in [1.54, 1.807) is 4.90 Å². The molecule has 0 aliphatic rings. The highest BCUT2D eigenvalue weighted by Gasteiger charge is 2.23. The van der Waals surface area contributed by atoms with E-state index in [0.29, 0.717) is 6.54 Å². The summed E-state index contributed by atoms with van der Waals surface area (Å²) in [4.78, 5) is 25.9. The number of hydrogen-bond donors (Lipinski definition) is 1. The highest BCUT2D eigenvalue weighted by atomic mass is 32.1. The number of carboxylic acid groups (broad SMARTS) is 1. The topological polar surface area (TPSA) is 57.6 Å². The normalized spacial score (nSPS) is 10.7. The Balaban J connectivity index is 2.29. The zero-order chi connectivity index (χ0) is 16.3. The minimum atomic E-state index is -1.22. The van der Waals surface area contributed by atoms with Gasteiger partial charge in [0.1, 0.15) is 5.82 Å². The van der Waals surface area contributed by atoms with E-state index < -0.39 is 17.7 Å². The number of aromatic carboxylic acids is 1. The van der Waals surface area contributed by atoms with Crippen LogP contribution < -0.4 is 0 Å². The van der Waals surface area contributed by atoms with Gasteiger partial charge in [-0.3, -0.25) is 4.79 Å². The standard InChI is InChI=1S/C16H16FNO3S/c1-10(2)18(9-12-4-3-7-22-12)15(19)13-6-5-11(16(20)21)8-14(13)17/h3-8,10H,9H2,1-2H3,(H,20,21). The lowest BCUT2D eigenvalue weighted by molar-refractivity contribution is 0.0675. The van der Waals surface area contributed by atoms with E-state index in [9.17, 15) is 14.0 Å². The summed E-state index contributed by atoms with van der Waals surface area (Å²) in [6, 6.07) is 7.04. The maximum atomic E-state index is 14.1. The zero-order valence-corrected chi connectivity index (χ0v) is 13.1. The first kappa shape index (κ1) is 16.2. The maximum absolute atomic E-state index is 14.1. The number of thiophene rings is 1. The third-order valence-electron chi connectivity index (χ3n) is 3.24. The number of nitrogens with zero attached hydrogens (tertiary/aromatic N) is 1. The van der Waals surface area contributed by atoms with Gasteiger partial charge in [0.25, 0.3) is 5.91 Å². The predicted octanol–water partition coefficient (Wildman–Crippen LogP) is 3.64. The first-order valence-corrected chi connectivity index (χ1v) is 7.64. The molecule has 0 saturated heterocycles. The summed E-state index contributed by atoms with van der Waals surface area (Å²) >= 11 is 1.53. The van der Waals surface area contributed by atoms with Crippen molar-refractivity contribution in [3.05, 3.63) is 57.5 Å². The van der Waals surface area contributed by atoms with Gasteiger partial charge in [0.2, 0.25) is 0 Å². The molecular weight excluding hydrogens is 305 g/mol. The van der Waals surface area contributed by atoms with E-state index in [2.05, 4.69) is 0 Å². The Labute approximate surface area is 131 Å².